The Balaban J connectivity index is 1.80. The van der Waals surface area contributed by atoms with Crippen molar-refractivity contribution in [2.45, 2.75) is 129 Å². The lowest BCUT2D eigenvalue weighted by atomic mass is 10.1. The van der Waals surface area contributed by atoms with Gasteiger partial charge in [-0.15, -0.1) is 0 Å². The van der Waals surface area contributed by atoms with Gasteiger partial charge in [-0.2, -0.15) is 0 Å². The van der Waals surface area contributed by atoms with Gasteiger partial charge in [0.05, 0.1) is 0 Å². The average Bonchev–Trinajstić information content (AvgIpc) is 2.83. The van der Waals surface area contributed by atoms with E-state index in [1.54, 1.807) is 6.07 Å². The van der Waals surface area contributed by atoms with Crippen LogP contribution >= 0.6 is 0 Å². The number of carbonyl (C=O) groups is 1. The van der Waals surface area contributed by atoms with Gasteiger partial charge < -0.3 is 15.5 Å². The molecule has 0 unspecified atom stereocenters. The molecule has 0 saturated heterocycles. The molecule has 1 aromatic rings. The van der Waals surface area contributed by atoms with E-state index in [0.717, 1.165) is 18.4 Å². The molecule has 0 aliphatic carbocycles. The summed E-state index contributed by atoms with van der Waals surface area (Å²) in [5.41, 5.74) is 0.899. The zero-order valence-electron chi connectivity index (χ0n) is 21.8. The maximum absolute atomic E-state index is 11.9. The summed E-state index contributed by atoms with van der Waals surface area (Å²) in [6, 6.07) is 4.77. The van der Waals surface area contributed by atoms with Crippen molar-refractivity contribution in [2.24, 2.45) is 0 Å². The maximum atomic E-state index is 11.9. The van der Waals surface area contributed by atoms with Crippen LogP contribution in [0.25, 0.3) is 0 Å². The van der Waals surface area contributed by atoms with E-state index in [1.165, 1.54) is 108 Å². The molecular weight excluding hydrogens is 422 g/mol. The van der Waals surface area contributed by atoms with Crippen molar-refractivity contribution in [2.75, 3.05) is 6.54 Å². The van der Waals surface area contributed by atoms with E-state index >= 15 is 0 Å². The van der Waals surface area contributed by atoms with Crippen molar-refractivity contribution >= 4 is 5.91 Å². The molecule has 0 heterocycles. The lowest BCUT2D eigenvalue weighted by molar-refractivity contribution is -0.121. The maximum Gasteiger partial charge on any atom is 0.220 e. The monoisotopic (exact) mass is 473 g/mol. The molecule has 4 nitrogen and oxygen atoms in total. The summed E-state index contributed by atoms with van der Waals surface area (Å²) in [6.07, 6.45) is 28.1. The second kappa shape index (κ2) is 21.6. The zero-order valence-corrected chi connectivity index (χ0v) is 21.8. The first-order valence-corrected chi connectivity index (χ1v) is 14.1. The van der Waals surface area contributed by atoms with E-state index in [0.29, 0.717) is 19.4 Å². The Morgan fingerprint density at radius 3 is 1.82 bits per heavy atom. The highest BCUT2D eigenvalue weighted by molar-refractivity contribution is 5.75. The summed E-state index contributed by atoms with van der Waals surface area (Å²) in [7, 11) is 0. The minimum Gasteiger partial charge on any atom is -0.504 e. The van der Waals surface area contributed by atoms with Crippen molar-refractivity contribution < 1.29 is 15.0 Å². The SMILES string of the molecule is CCCCCCCC/C=C\CCCCCCCCCCCC(=O)NCCc1ccc(O)c(O)c1. The number of phenolic OH excluding ortho intramolecular Hbond substituents is 2. The van der Waals surface area contributed by atoms with Crippen molar-refractivity contribution in [1.82, 2.24) is 5.32 Å². The summed E-state index contributed by atoms with van der Waals surface area (Å²) < 4.78 is 0. The molecule has 0 atom stereocenters. The molecule has 4 heteroatoms. The first kappa shape index (κ1) is 30.1. The number of nitrogens with one attached hydrogen (secondary N) is 1. The van der Waals surface area contributed by atoms with Gasteiger partial charge in [0.1, 0.15) is 0 Å². The molecule has 0 aromatic heterocycles. The smallest absolute Gasteiger partial charge is 0.220 e. The van der Waals surface area contributed by atoms with Gasteiger partial charge >= 0.3 is 0 Å². The van der Waals surface area contributed by atoms with E-state index in [1.807, 2.05) is 0 Å². The normalized spacial score (nSPS) is 11.3. The summed E-state index contributed by atoms with van der Waals surface area (Å²) in [6.45, 7) is 2.83. The number of hydrogen-bond donors (Lipinski definition) is 3. The van der Waals surface area contributed by atoms with Crippen LogP contribution in [0, 0.1) is 0 Å². The highest BCUT2D eigenvalue weighted by Gasteiger charge is 2.03. The van der Waals surface area contributed by atoms with Crippen LogP contribution in [-0.4, -0.2) is 22.7 Å². The number of hydrogen-bond acceptors (Lipinski definition) is 3. The lowest BCUT2D eigenvalue weighted by Crippen LogP contribution is -2.25. The molecule has 0 aliphatic rings. The summed E-state index contributed by atoms with van der Waals surface area (Å²) in [5, 5.41) is 21.8. The predicted octanol–water partition coefficient (Wildman–Crippen LogP) is 8.35. The lowest BCUT2D eigenvalue weighted by Gasteiger charge is -2.06. The standard InChI is InChI=1S/C30H51NO3/c1-2-3-4-5-6-7-8-9-10-11-12-13-14-15-16-17-18-19-20-21-30(34)31-25-24-27-22-23-28(32)29(33)26-27/h9-10,22-23,26,32-33H,2-8,11-21,24-25H2,1H3,(H,31,34)/b10-9-. The molecule has 0 aliphatic heterocycles. The number of unbranched alkanes of at least 4 members (excludes halogenated alkanes) is 15. The summed E-state index contributed by atoms with van der Waals surface area (Å²) in [4.78, 5) is 11.9. The van der Waals surface area contributed by atoms with Crippen molar-refractivity contribution in [3.63, 3.8) is 0 Å². The third kappa shape index (κ3) is 17.5. The van der Waals surface area contributed by atoms with Gasteiger partial charge in [-0.05, 0) is 56.2 Å². The number of aromatic hydroxyl groups is 2. The predicted molar refractivity (Wildman–Crippen MR) is 144 cm³/mol. The highest BCUT2D eigenvalue weighted by atomic mass is 16.3. The van der Waals surface area contributed by atoms with Gasteiger partial charge in [-0.3, -0.25) is 4.79 Å². The zero-order chi connectivity index (χ0) is 24.7. The third-order valence-corrected chi connectivity index (χ3v) is 6.44. The van der Waals surface area contributed by atoms with Gasteiger partial charge in [-0.25, -0.2) is 0 Å². The van der Waals surface area contributed by atoms with E-state index in [-0.39, 0.29) is 17.4 Å². The fraction of sp³-hybridized carbons (Fsp3) is 0.700. The van der Waals surface area contributed by atoms with Crippen LogP contribution in [-0.2, 0) is 11.2 Å². The van der Waals surface area contributed by atoms with Gasteiger partial charge in [0.2, 0.25) is 5.91 Å². The van der Waals surface area contributed by atoms with E-state index in [9.17, 15) is 15.0 Å². The minimum atomic E-state index is -0.116. The molecule has 1 aromatic carbocycles. The van der Waals surface area contributed by atoms with E-state index < -0.39 is 0 Å². The summed E-state index contributed by atoms with van der Waals surface area (Å²) >= 11 is 0. The quantitative estimate of drug-likeness (QED) is 0.0900. The van der Waals surface area contributed by atoms with Crippen LogP contribution in [0.3, 0.4) is 0 Å². The Kier molecular flexibility index (Phi) is 19.1. The Morgan fingerprint density at radius 1 is 0.735 bits per heavy atom. The second-order valence-electron chi connectivity index (χ2n) is 9.67. The molecule has 34 heavy (non-hydrogen) atoms. The third-order valence-electron chi connectivity index (χ3n) is 6.44. The van der Waals surface area contributed by atoms with Crippen LogP contribution in [0.2, 0.25) is 0 Å². The van der Waals surface area contributed by atoms with E-state index in [2.05, 4.69) is 24.4 Å². The van der Waals surface area contributed by atoms with Gasteiger partial charge in [0.25, 0.3) is 0 Å². The van der Waals surface area contributed by atoms with Crippen molar-refractivity contribution in [1.29, 1.82) is 0 Å². The average molecular weight is 474 g/mol. The van der Waals surface area contributed by atoms with Crippen LogP contribution < -0.4 is 5.32 Å². The number of phenols is 2. The number of carbonyl (C=O) groups excluding carboxylic acids is 1. The Bertz CT molecular complexity index is 656. The largest absolute Gasteiger partial charge is 0.504 e. The van der Waals surface area contributed by atoms with Gasteiger partial charge in [-0.1, -0.05) is 102 Å². The van der Waals surface area contributed by atoms with Crippen LogP contribution in [0.15, 0.2) is 30.4 Å². The number of allylic oxidation sites excluding steroid dienone is 2. The molecule has 0 radical (unpaired) electrons. The first-order valence-electron chi connectivity index (χ1n) is 14.1. The molecule has 1 rings (SSSR count). The fourth-order valence-electron chi connectivity index (χ4n) is 4.22. The molecule has 0 spiro atoms. The van der Waals surface area contributed by atoms with Crippen molar-refractivity contribution in [3.05, 3.63) is 35.9 Å². The summed E-state index contributed by atoms with van der Waals surface area (Å²) in [5.74, 6) is -0.131. The minimum absolute atomic E-state index is 0.101. The fourth-order valence-corrected chi connectivity index (χ4v) is 4.22. The Morgan fingerprint density at radius 2 is 1.26 bits per heavy atom. The van der Waals surface area contributed by atoms with Crippen LogP contribution in [0.1, 0.15) is 128 Å². The van der Waals surface area contributed by atoms with Gasteiger partial charge in [0.15, 0.2) is 11.5 Å². The molecule has 3 N–H and O–H groups in total. The van der Waals surface area contributed by atoms with E-state index in [4.69, 9.17) is 0 Å². The molecule has 0 saturated carbocycles. The molecule has 194 valence electrons. The first-order chi connectivity index (χ1) is 16.6. The second-order valence-corrected chi connectivity index (χ2v) is 9.67. The highest BCUT2D eigenvalue weighted by Crippen LogP contribution is 2.24. The Hall–Kier alpha value is -1.97. The molecular formula is C30H51NO3. The molecule has 1 amide bonds. The van der Waals surface area contributed by atoms with Crippen LogP contribution in [0.5, 0.6) is 11.5 Å². The number of benzene rings is 1. The Labute approximate surface area is 209 Å². The van der Waals surface area contributed by atoms with Crippen molar-refractivity contribution in [3.8, 4) is 11.5 Å². The molecule has 0 bridgehead atoms. The number of amides is 1. The van der Waals surface area contributed by atoms with Crippen LogP contribution in [0.4, 0.5) is 0 Å². The topological polar surface area (TPSA) is 69.6 Å². The van der Waals surface area contributed by atoms with Gasteiger partial charge in [0, 0.05) is 13.0 Å². The number of rotatable bonds is 22. The molecule has 0 fully saturated rings.